The van der Waals surface area contributed by atoms with Crippen LogP contribution < -0.4 is 21.3 Å². The summed E-state index contributed by atoms with van der Waals surface area (Å²) >= 11 is 0. The van der Waals surface area contributed by atoms with Crippen LogP contribution in [0.3, 0.4) is 0 Å². The lowest BCUT2D eigenvalue weighted by atomic mass is 10.2. The molecule has 0 bridgehead atoms. The lowest BCUT2D eigenvalue weighted by molar-refractivity contribution is -0.121. The van der Waals surface area contributed by atoms with Crippen molar-refractivity contribution in [2.45, 2.75) is 111 Å². The van der Waals surface area contributed by atoms with E-state index in [1.54, 1.807) is 13.8 Å². The van der Waals surface area contributed by atoms with Gasteiger partial charge in [0.1, 0.15) is 11.6 Å². The third-order valence-electron chi connectivity index (χ3n) is 8.78. The number of hydrogen-bond donors (Lipinski definition) is 6. The zero-order valence-electron chi connectivity index (χ0n) is 34.8. The number of aliphatic hydroxyl groups excluding tert-OH is 2. The van der Waals surface area contributed by atoms with Crippen LogP contribution in [0.5, 0.6) is 0 Å². The van der Waals surface area contributed by atoms with Gasteiger partial charge in [-0.25, -0.2) is 16.8 Å². The molecule has 0 saturated carbocycles. The van der Waals surface area contributed by atoms with Crippen molar-refractivity contribution in [3.05, 3.63) is 97.1 Å². The van der Waals surface area contributed by atoms with Gasteiger partial charge in [-0.05, 0) is 138 Å². The molecule has 332 valence electrons. The number of carbonyl (C=O) groups excluding carboxylic acids is 6. The first-order valence-electron chi connectivity index (χ1n) is 19.6. The second kappa shape index (κ2) is 23.8. The molecule has 0 spiro atoms. The molecule has 6 N–H and O–H groups in total. The van der Waals surface area contributed by atoms with Crippen LogP contribution in [-0.2, 0) is 48.4 Å². The van der Waals surface area contributed by atoms with Crippen molar-refractivity contribution in [2.75, 3.05) is 21.3 Å². The average molecular weight is 893 g/mol. The number of anilines is 4. The minimum Gasteiger partial charge on any atom is -0.393 e. The van der Waals surface area contributed by atoms with E-state index in [1.807, 2.05) is 0 Å². The first-order valence-corrected chi connectivity index (χ1v) is 22.6. The first kappa shape index (κ1) is 50.3. The third-order valence-corrected chi connectivity index (χ3v) is 12.4. The Morgan fingerprint density at radius 1 is 0.403 bits per heavy atom. The van der Waals surface area contributed by atoms with Gasteiger partial charge in [-0.1, -0.05) is 0 Å². The summed E-state index contributed by atoms with van der Waals surface area (Å²) in [5.74, 6) is -1.35. The number of benzene rings is 4. The Morgan fingerprint density at radius 3 is 0.806 bits per heavy atom. The monoisotopic (exact) mass is 892 g/mol. The Hall–Kier alpha value is -6.08. The van der Waals surface area contributed by atoms with Crippen LogP contribution in [0.25, 0.3) is 0 Å². The zero-order chi connectivity index (χ0) is 46.0. The zero-order valence-corrected chi connectivity index (χ0v) is 36.5. The molecule has 4 aromatic rings. The summed E-state index contributed by atoms with van der Waals surface area (Å²) in [6, 6.07) is 23.1. The van der Waals surface area contributed by atoms with Crippen LogP contribution in [0.2, 0.25) is 0 Å². The molecule has 0 fully saturated rings. The summed E-state index contributed by atoms with van der Waals surface area (Å²) in [7, 11) is -7.55. The standard InChI is InChI=1S/C22H28N2O6S.C22H24N2O6S/c2*1-15(25)3-13-21(27)23-17-5-9-19(10-6-17)31(29,30)20-11-7-18(8-12-20)24-22(28)14-4-16(2)26/h5-12,15-16,25-26H,3-4,13-14H2,1-2H3,(H,23,27)(H,24,28);5-12H,3-4,13-14H2,1-2H3,(H,23,27)(H,24,28). The second-order valence-electron chi connectivity index (χ2n) is 14.5. The molecule has 2 unspecified atom stereocenters. The highest BCUT2D eigenvalue weighted by molar-refractivity contribution is 7.91. The summed E-state index contributed by atoms with van der Waals surface area (Å²) in [6.07, 6.45) is 0.297. The summed E-state index contributed by atoms with van der Waals surface area (Å²) in [6.45, 7) is 6.01. The number of rotatable bonds is 20. The van der Waals surface area contributed by atoms with E-state index in [9.17, 15) is 55.8 Å². The average Bonchev–Trinajstić information content (AvgIpc) is 3.22. The molecule has 0 heterocycles. The fourth-order valence-corrected chi connectivity index (χ4v) is 7.82. The van der Waals surface area contributed by atoms with Crippen LogP contribution in [0.15, 0.2) is 117 Å². The van der Waals surface area contributed by atoms with Gasteiger partial charge in [0, 0.05) is 61.3 Å². The van der Waals surface area contributed by atoms with Gasteiger partial charge in [0.25, 0.3) is 0 Å². The number of ketones is 2. The van der Waals surface area contributed by atoms with Crippen molar-refractivity contribution in [2.24, 2.45) is 0 Å². The van der Waals surface area contributed by atoms with Crippen molar-refractivity contribution in [3.63, 3.8) is 0 Å². The van der Waals surface area contributed by atoms with E-state index in [1.165, 1.54) is 111 Å². The SMILES string of the molecule is CC(=O)CCC(=O)Nc1ccc(S(=O)(=O)c2ccc(NC(=O)CCC(C)=O)cc2)cc1.CC(O)CCC(=O)Nc1ccc(S(=O)(=O)c2ccc(NC(=O)CCC(C)O)cc2)cc1. The van der Waals surface area contributed by atoms with E-state index in [0.29, 0.717) is 35.6 Å². The van der Waals surface area contributed by atoms with Crippen LogP contribution in [0.1, 0.15) is 79.1 Å². The molecule has 0 aliphatic rings. The molecule has 16 nitrogen and oxygen atoms in total. The number of Topliss-reactive ketones (excluding diaryl/α,β-unsaturated/α-hetero) is 2. The third kappa shape index (κ3) is 17.1. The molecule has 4 rings (SSSR count). The van der Waals surface area contributed by atoms with Crippen LogP contribution in [-0.4, -0.2) is 74.5 Å². The predicted octanol–water partition coefficient (Wildman–Crippen LogP) is 5.85. The van der Waals surface area contributed by atoms with E-state index in [0.717, 1.165) is 0 Å². The van der Waals surface area contributed by atoms with Crippen molar-refractivity contribution < 1.29 is 55.8 Å². The molecule has 0 aromatic heterocycles. The van der Waals surface area contributed by atoms with Gasteiger partial charge in [-0.2, -0.15) is 0 Å². The maximum atomic E-state index is 12.8. The number of amides is 4. The number of hydrogen-bond acceptors (Lipinski definition) is 12. The molecule has 0 aliphatic carbocycles. The quantitative estimate of drug-likeness (QED) is 0.0611. The van der Waals surface area contributed by atoms with Gasteiger partial charge in [0.05, 0.1) is 31.8 Å². The molecule has 62 heavy (non-hydrogen) atoms. The lowest BCUT2D eigenvalue weighted by Crippen LogP contribution is -2.14. The summed E-state index contributed by atoms with van der Waals surface area (Å²) in [5, 5.41) is 29.0. The molecule has 4 aromatic carbocycles. The van der Waals surface area contributed by atoms with Crippen LogP contribution in [0, 0.1) is 0 Å². The van der Waals surface area contributed by atoms with Crippen molar-refractivity contribution >= 4 is 77.6 Å². The predicted molar refractivity (Wildman–Crippen MR) is 233 cm³/mol. The Morgan fingerprint density at radius 2 is 0.613 bits per heavy atom. The van der Waals surface area contributed by atoms with E-state index in [-0.39, 0.29) is 93.3 Å². The lowest BCUT2D eigenvalue weighted by Gasteiger charge is -2.10. The van der Waals surface area contributed by atoms with Crippen molar-refractivity contribution in [3.8, 4) is 0 Å². The van der Waals surface area contributed by atoms with Gasteiger partial charge in [0.2, 0.25) is 43.3 Å². The van der Waals surface area contributed by atoms with Crippen LogP contribution in [0.4, 0.5) is 22.7 Å². The highest BCUT2D eigenvalue weighted by atomic mass is 32.2. The summed E-state index contributed by atoms with van der Waals surface area (Å²) in [5.41, 5.74) is 1.78. The van der Waals surface area contributed by atoms with E-state index >= 15 is 0 Å². The summed E-state index contributed by atoms with van der Waals surface area (Å²) in [4.78, 5) is 69.3. The fraction of sp³-hybridized carbons (Fsp3) is 0.318. The van der Waals surface area contributed by atoms with Gasteiger partial charge in [-0.3, -0.25) is 19.2 Å². The Bertz CT molecular complexity index is 2240. The normalized spacial score (nSPS) is 12.1. The highest BCUT2D eigenvalue weighted by Crippen LogP contribution is 2.26. The van der Waals surface area contributed by atoms with Gasteiger partial charge in [-0.15, -0.1) is 0 Å². The number of carbonyl (C=O) groups is 6. The smallest absolute Gasteiger partial charge is 0.224 e. The molecule has 2 atom stereocenters. The van der Waals surface area contributed by atoms with E-state index in [2.05, 4.69) is 21.3 Å². The molecule has 4 amide bonds. The highest BCUT2D eigenvalue weighted by Gasteiger charge is 2.20. The summed E-state index contributed by atoms with van der Waals surface area (Å²) < 4.78 is 51.3. The Kier molecular flexibility index (Phi) is 19.3. The van der Waals surface area contributed by atoms with Crippen molar-refractivity contribution in [1.29, 1.82) is 0 Å². The van der Waals surface area contributed by atoms with E-state index in [4.69, 9.17) is 0 Å². The molecule has 0 radical (unpaired) electrons. The number of aliphatic hydroxyl groups is 2. The number of nitrogens with one attached hydrogen (secondary N) is 4. The maximum absolute atomic E-state index is 12.8. The topological polar surface area (TPSA) is 259 Å². The van der Waals surface area contributed by atoms with Crippen LogP contribution >= 0.6 is 0 Å². The largest absolute Gasteiger partial charge is 0.393 e. The molecule has 0 aliphatic heterocycles. The molecule has 18 heteroatoms. The Balaban J connectivity index is 0.000000330. The fourth-order valence-electron chi connectivity index (χ4n) is 5.29. The van der Waals surface area contributed by atoms with E-state index < -0.39 is 31.9 Å². The van der Waals surface area contributed by atoms with Crippen molar-refractivity contribution in [1.82, 2.24) is 0 Å². The molecule has 0 saturated heterocycles. The van der Waals surface area contributed by atoms with Gasteiger partial charge >= 0.3 is 0 Å². The minimum atomic E-state index is -3.79. The van der Waals surface area contributed by atoms with Gasteiger partial charge < -0.3 is 41.1 Å². The minimum absolute atomic E-state index is 0.0486. The van der Waals surface area contributed by atoms with Gasteiger partial charge in [0.15, 0.2) is 0 Å². The first-order chi connectivity index (χ1) is 29.1. The molecular formula is C44H52N4O12S2. The number of sulfone groups is 2. The second-order valence-corrected chi connectivity index (χ2v) is 18.4. The Labute approximate surface area is 361 Å². The molecular weight excluding hydrogens is 841 g/mol. The maximum Gasteiger partial charge on any atom is 0.224 e.